The Kier molecular flexibility index (Phi) is 7.48. The van der Waals surface area contributed by atoms with Crippen molar-refractivity contribution in [3.63, 3.8) is 0 Å². The minimum absolute atomic E-state index is 0.189. The predicted molar refractivity (Wildman–Crippen MR) is 141 cm³/mol. The maximum absolute atomic E-state index is 13.2. The lowest BCUT2D eigenvalue weighted by Crippen LogP contribution is -2.32. The van der Waals surface area contributed by atoms with Gasteiger partial charge < -0.3 is 24.9 Å². The largest absolute Gasteiger partial charge is 0.412 e. The molecule has 0 fully saturated rings. The molecule has 1 aromatic carbocycles. The van der Waals surface area contributed by atoms with Crippen LogP contribution in [-0.2, 0) is 7.05 Å². The van der Waals surface area contributed by atoms with Crippen LogP contribution >= 0.6 is 23.2 Å². The lowest BCUT2D eigenvalue weighted by Gasteiger charge is -2.13. The first-order valence-electron chi connectivity index (χ1n) is 11.0. The highest BCUT2D eigenvalue weighted by molar-refractivity contribution is 6.39. The fraction of sp³-hybridized carbons (Fsp3) is 0.250. The van der Waals surface area contributed by atoms with Crippen molar-refractivity contribution >= 4 is 51.8 Å². The van der Waals surface area contributed by atoms with E-state index in [1.165, 1.54) is 7.11 Å². The van der Waals surface area contributed by atoms with Gasteiger partial charge >= 0.3 is 0 Å². The zero-order chi connectivity index (χ0) is 26.0. The van der Waals surface area contributed by atoms with Crippen molar-refractivity contribution in [3.05, 3.63) is 68.8 Å². The van der Waals surface area contributed by atoms with Gasteiger partial charge in [0.25, 0.3) is 11.5 Å². The molecule has 4 aromatic rings. The number of benzene rings is 1. The Morgan fingerprint density at radius 2 is 1.92 bits per heavy atom. The van der Waals surface area contributed by atoms with Gasteiger partial charge in [-0.25, -0.2) is 4.98 Å². The number of anilines is 2. The monoisotopic (exact) mass is 529 g/mol. The highest BCUT2D eigenvalue weighted by Gasteiger charge is 2.19. The van der Waals surface area contributed by atoms with Crippen LogP contribution in [0.2, 0.25) is 10.0 Å². The molecule has 0 aliphatic heterocycles. The zero-order valence-electron chi connectivity index (χ0n) is 20.2. The molecule has 1 amide bonds. The molecule has 0 atom stereocenters. The minimum atomic E-state index is -0.471. The topological polar surface area (TPSA) is 106 Å². The predicted octanol–water partition coefficient (Wildman–Crippen LogP) is 3.20. The molecule has 0 saturated heterocycles. The second kappa shape index (κ2) is 10.6. The van der Waals surface area contributed by atoms with Crippen LogP contribution in [0.3, 0.4) is 0 Å². The fourth-order valence-corrected chi connectivity index (χ4v) is 4.31. The first-order valence-corrected chi connectivity index (χ1v) is 11.7. The van der Waals surface area contributed by atoms with Crippen LogP contribution in [0, 0.1) is 0 Å². The van der Waals surface area contributed by atoms with Crippen molar-refractivity contribution in [1.82, 2.24) is 29.5 Å². The number of aromatic nitrogens is 4. The smallest absolute Gasteiger partial charge is 0.293 e. The van der Waals surface area contributed by atoms with Gasteiger partial charge in [-0.3, -0.25) is 9.59 Å². The standard InChI is InChI=1S/C24H25Cl2N7O3/c1-31(2)9-8-27-22(34)19-11-15(13-32(19)3)29-24-28-12-14-10-16(20-17(25)6-5-7-18(20)26)23(35)33(36-4)21(14)30-24/h5-7,10-13H,8-9H2,1-4H3,(H,27,34)(H,28,29,30). The molecule has 10 nitrogen and oxygen atoms in total. The van der Waals surface area contributed by atoms with Crippen molar-refractivity contribution in [2.45, 2.75) is 0 Å². The van der Waals surface area contributed by atoms with Crippen molar-refractivity contribution in [2.24, 2.45) is 7.05 Å². The highest BCUT2D eigenvalue weighted by atomic mass is 35.5. The average Bonchev–Trinajstić information content (AvgIpc) is 3.19. The Morgan fingerprint density at radius 1 is 1.19 bits per heavy atom. The molecular weight excluding hydrogens is 505 g/mol. The number of carbonyl (C=O) groups is 1. The van der Waals surface area contributed by atoms with Gasteiger partial charge in [0.1, 0.15) is 12.8 Å². The first-order chi connectivity index (χ1) is 17.2. The van der Waals surface area contributed by atoms with E-state index >= 15 is 0 Å². The van der Waals surface area contributed by atoms with Crippen molar-refractivity contribution in [1.29, 1.82) is 0 Å². The number of amides is 1. The lowest BCUT2D eigenvalue weighted by atomic mass is 10.1. The number of carbonyl (C=O) groups excluding carboxylic acids is 1. The fourth-order valence-electron chi connectivity index (χ4n) is 3.70. The van der Waals surface area contributed by atoms with E-state index in [-0.39, 0.29) is 23.1 Å². The maximum atomic E-state index is 13.2. The van der Waals surface area contributed by atoms with E-state index in [0.29, 0.717) is 38.9 Å². The van der Waals surface area contributed by atoms with Crippen molar-refractivity contribution < 1.29 is 9.63 Å². The van der Waals surface area contributed by atoms with Gasteiger partial charge in [-0.1, -0.05) is 29.3 Å². The molecule has 0 radical (unpaired) electrons. The summed E-state index contributed by atoms with van der Waals surface area (Å²) in [5.41, 5.74) is 1.54. The molecular formula is C24H25Cl2N7O3. The van der Waals surface area contributed by atoms with E-state index in [0.717, 1.165) is 11.3 Å². The normalized spacial score (nSPS) is 11.2. The SMILES string of the molecule is COn1c(=O)c(-c2c(Cl)cccc2Cl)cc2cnc(Nc3cc(C(=O)NCCN(C)C)n(C)c3)nc21. The Balaban J connectivity index is 1.66. The number of rotatable bonds is 8. The van der Waals surface area contributed by atoms with Gasteiger partial charge in [0.15, 0.2) is 5.65 Å². The number of hydrogen-bond donors (Lipinski definition) is 2. The molecule has 0 spiro atoms. The molecule has 2 N–H and O–H groups in total. The third kappa shape index (κ3) is 5.15. The second-order valence-electron chi connectivity index (χ2n) is 8.32. The quantitative estimate of drug-likeness (QED) is 0.361. The summed E-state index contributed by atoms with van der Waals surface area (Å²) in [5, 5.41) is 7.19. The summed E-state index contributed by atoms with van der Waals surface area (Å²) < 4.78 is 2.77. The van der Waals surface area contributed by atoms with Gasteiger partial charge in [0.05, 0.1) is 21.3 Å². The second-order valence-corrected chi connectivity index (χ2v) is 9.13. The van der Waals surface area contributed by atoms with Crippen LogP contribution in [0.25, 0.3) is 22.2 Å². The summed E-state index contributed by atoms with van der Waals surface area (Å²) in [4.78, 5) is 41.9. The van der Waals surface area contributed by atoms with Gasteiger partial charge in [-0.2, -0.15) is 4.98 Å². The Labute approximate surface area is 217 Å². The Bertz CT molecular complexity index is 1480. The summed E-state index contributed by atoms with van der Waals surface area (Å²) in [6.45, 7) is 1.27. The number of hydrogen-bond acceptors (Lipinski definition) is 7. The van der Waals surface area contributed by atoms with E-state index in [4.69, 9.17) is 28.0 Å². The molecule has 12 heteroatoms. The van der Waals surface area contributed by atoms with E-state index in [9.17, 15) is 9.59 Å². The van der Waals surface area contributed by atoms with Crippen LogP contribution in [-0.4, -0.2) is 64.4 Å². The molecule has 0 unspecified atom stereocenters. The van der Waals surface area contributed by atoms with E-state index in [1.807, 2.05) is 19.0 Å². The number of nitrogens with one attached hydrogen (secondary N) is 2. The Hall–Kier alpha value is -3.60. The summed E-state index contributed by atoms with van der Waals surface area (Å²) in [5.74, 6) is 0.0345. The van der Waals surface area contributed by atoms with Crippen LogP contribution in [0.4, 0.5) is 11.6 Å². The number of nitrogens with zero attached hydrogens (tertiary/aromatic N) is 5. The molecule has 188 valence electrons. The van der Waals surface area contributed by atoms with E-state index < -0.39 is 5.56 Å². The molecule has 0 aliphatic carbocycles. The molecule has 3 heterocycles. The summed E-state index contributed by atoms with van der Waals surface area (Å²) >= 11 is 12.7. The van der Waals surface area contributed by atoms with Crippen LogP contribution in [0.5, 0.6) is 0 Å². The highest BCUT2D eigenvalue weighted by Crippen LogP contribution is 2.33. The van der Waals surface area contributed by atoms with Gasteiger partial charge in [0.2, 0.25) is 5.95 Å². The van der Waals surface area contributed by atoms with Crippen LogP contribution < -0.4 is 21.0 Å². The van der Waals surface area contributed by atoms with E-state index in [2.05, 4.69) is 20.6 Å². The number of likely N-dealkylation sites (N-methyl/N-ethyl adjacent to an activating group) is 1. The number of halogens is 2. The minimum Gasteiger partial charge on any atom is -0.412 e. The van der Waals surface area contributed by atoms with Gasteiger partial charge in [-0.05, 0) is 38.4 Å². The van der Waals surface area contributed by atoms with Crippen molar-refractivity contribution in [3.8, 4) is 11.1 Å². The van der Waals surface area contributed by atoms with Crippen LogP contribution in [0.15, 0.2) is 47.5 Å². The number of pyridine rings is 1. The third-order valence-electron chi connectivity index (χ3n) is 5.46. The molecule has 0 aliphatic rings. The molecule has 0 bridgehead atoms. The Morgan fingerprint density at radius 3 is 2.58 bits per heavy atom. The lowest BCUT2D eigenvalue weighted by molar-refractivity contribution is 0.0943. The zero-order valence-corrected chi connectivity index (χ0v) is 21.7. The molecule has 3 aromatic heterocycles. The van der Waals surface area contributed by atoms with E-state index in [1.54, 1.807) is 54.3 Å². The molecule has 0 saturated carbocycles. The van der Waals surface area contributed by atoms with Gasteiger partial charge in [0, 0.05) is 43.5 Å². The first kappa shape index (κ1) is 25.5. The van der Waals surface area contributed by atoms with Gasteiger partial charge in [-0.15, -0.1) is 4.73 Å². The van der Waals surface area contributed by atoms with Crippen LogP contribution in [0.1, 0.15) is 10.5 Å². The van der Waals surface area contributed by atoms with Crippen molar-refractivity contribution in [2.75, 3.05) is 39.6 Å². The maximum Gasteiger partial charge on any atom is 0.293 e. The average molecular weight is 530 g/mol. The summed E-state index contributed by atoms with van der Waals surface area (Å²) in [7, 11) is 7.02. The number of aryl methyl sites for hydroxylation is 1. The number of fused-ring (bicyclic) bond motifs is 1. The summed E-state index contributed by atoms with van der Waals surface area (Å²) in [6, 6.07) is 8.34. The third-order valence-corrected chi connectivity index (χ3v) is 6.09. The molecule has 36 heavy (non-hydrogen) atoms. The summed E-state index contributed by atoms with van der Waals surface area (Å²) in [6.07, 6.45) is 3.31. The molecule has 4 rings (SSSR count).